The van der Waals surface area contributed by atoms with Gasteiger partial charge in [-0.1, -0.05) is 0 Å². The van der Waals surface area contributed by atoms with Crippen LogP contribution in [0.25, 0.3) is 0 Å². The molecule has 0 radical (unpaired) electrons. The molecule has 0 heterocycles. The Morgan fingerprint density at radius 1 is 0.600 bits per heavy atom. The molecule has 35 heavy (non-hydrogen) atoms. The fourth-order valence-corrected chi connectivity index (χ4v) is 3.90. The van der Waals surface area contributed by atoms with E-state index in [1.54, 1.807) is 0 Å². The maximum Gasteiger partial charge on any atom is 1.00 e. The molecule has 7 nitrogen and oxygen atoms in total. The van der Waals surface area contributed by atoms with Gasteiger partial charge >= 0.3 is 59.1 Å². The van der Waals surface area contributed by atoms with Crippen LogP contribution in [0.1, 0.15) is 6.42 Å². The Kier molecular flexibility index (Phi) is 13.6. The molecule has 10 heteroatoms. The Balaban J connectivity index is 0.00000306. The molecule has 0 unspecified atom stereocenters. The van der Waals surface area contributed by atoms with E-state index in [4.69, 9.17) is 4.74 Å². The van der Waals surface area contributed by atoms with Crippen molar-refractivity contribution in [2.75, 3.05) is 55.7 Å². The molecular formula is C25H30N3Na2O4P. The van der Waals surface area contributed by atoms with Crippen LogP contribution in [0.3, 0.4) is 0 Å². The van der Waals surface area contributed by atoms with Gasteiger partial charge in [-0.05, 0) is 72.8 Å². The van der Waals surface area contributed by atoms with E-state index in [1.807, 2.05) is 52.5 Å². The van der Waals surface area contributed by atoms with Gasteiger partial charge in [-0.15, -0.1) is 0 Å². The van der Waals surface area contributed by atoms with Crippen molar-refractivity contribution in [2.45, 2.75) is 6.42 Å². The molecule has 0 saturated heterocycles. The molecule has 0 spiro atoms. The van der Waals surface area contributed by atoms with Gasteiger partial charge in [-0.25, -0.2) is 0 Å². The third-order valence-electron chi connectivity index (χ3n) is 5.19. The third kappa shape index (κ3) is 9.86. The monoisotopic (exact) mass is 513 g/mol. The van der Waals surface area contributed by atoms with Gasteiger partial charge in [0, 0.05) is 69.2 Å². The molecule has 3 aromatic carbocycles. The van der Waals surface area contributed by atoms with Gasteiger partial charge in [0.2, 0.25) is 0 Å². The van der Waals surface area contributed by atoms with Crippen molar-refractivity contribution in [1.82, 2.24) is 0 Å². The van der Waals surface area contributed by atoms with Crippen molar-refractivity contribution in [3.63, 3.8) is 0 Å². The summed E-state index contributed by atoms with van der Waals surface area (Å²) in [6.07, 6.45) is -0.223. The summed E-state index contributed by atoms with van der Waals surface area (Å²) in [6, 6.07) is 24.3. The Bertz CT molecular complexity index is 961. The van der Waals surface area contributed by atoms with Gasteiger partial charge in [-0.3, -0.25) is 0 Å². The summed E-state index contributed by atoms with van der Waals surface area (Å²) in [4.78, 5) is 38.5. The first-order chi connectivity index (χ1) is 15.6. The Morgan fingerprint density at radius 2 is 0.943 bits per heavy atom. The van der Waals surface area contributed by atoms with Crippen LogP contribution in [-0.4, -0.2) is 41.0 Å². The summed E-state index contributed by atoms with van der Waals surface area (Å²) >= 11 is 0. The minimum absolute atomic E-state index is 0. The molecule has 3 aromatic rings. The first kappa shape index (κ1) is 32.2. The molecule has 0 bridgehead atoms. The zero-order chi connectivity index (χ0) is 24.0. The number of ether oxygens (including phenoxy) is 1. The van der Waals surface area contributed by atoms with Crippen molar-refractivity contribution < 1.29 is 78.5 Å². The smallest absolute Gasteiger partial charge is 0.688 e. The number of nitrogens with zero attached hydrogens (tertiary/aromatic N) is 3. The van der Waals surface area contributed by atoms with Gasteiger partial charge in [-0.2, -0.15) is 7.94 Å². The molecule has 0 amide bonds. The average Bonchev–Trinajstić information content (AvgIpc) is 2.78. The molecular weight excluding hydrogens is 483 g/mol. The molecule has 0 N–H and O–H groups in total. The number of rotatable bonds is 10. The van der Waals surface area contributed by atoms with Crippen LogP contribution in [-0.2, 0) is 0 Å². The van der Waals surface area contributed by atoms with Crippen LogP contribution in [0.2, 0.25) is 0 Å². The van der Waals surface area contributed by atoms with Crippen molar-refractivity contribution in [2.24, 2.45) is 0 Å². The molecule has 3 rings (SSSR count). The minimum atomic E-state index is -4.49. The second-order valence-electron chi connectivity index (χ2n) is 8.19. The number of hydrogen-bond donors (Lipinski definition) is 0. The predicted molar refractivity (Wildman–Crippen MR) is 132 cm³/mol. The summed E-state index contributed by atoms with van der Waals surface area (Å²) in [5, 5.41) is 0. The van der Waals surface area contributed by atoms with E-state index in [2.05, 4.69) is 63.2 Å². The van der Waals surface area contributed by atoms with E-state index < -0.39 is 14.1 Å². The van der Waals surface area contributed by atoms with Gasteiger partial charge in [0.25, 0.3) is 0 Å². The minimum Gasteiger partial charge on any atom is -0.688 e. The number of benzene rings is 3. The van der Waals surface area contributed by atoms with E-state index in [0.29, 0.717) is 5.75 Å². The van der Waals surface area contributed by atoms with E-state index in [0.717, 1.165) is 28.4 Å². The van der Waals surface area contributed by atoms with Crippen LogP contribution in [0.5, 0.6) is 5.75 Å². The quantitative estimate of drug-likeness (QED) is 0.161. The number of anilines is 5. The summed E-state index contributed by atoms with van der Waals surface area (Å²) in [5.41, 5.74) is 5.24. The maximum absolute atomic E-state index is 10.8. The van der Waals surface area contributed by atoms with E-state index in [1.165, 1.54) is 0 Å². The molecule has 176 valence electrons. The van der Waals surface area contributed by atoms with Crippen LogP contribution in [0.4, 0.5) is 28.4 Å². The van der Waals surface area contributed by atoms with Crippen molar-refractivity contribution in [3.8, 4) is 5.75 Å². The first-order valence-corrected chi connectivity index (χ1v) is 12.5. The molecule has 0 atom stereocenters. The van der Waals surface area contributed by atoms with E-state index in [-0.39, 0.29) is 72.1 Å². The third-order valence-corrected chi connectivity index (χ3v) is 6.05. The van der Waals surface area contributed by atoms with Crippen molar-refractivity contribution in [3.05, 3.63) is 72.8 Å². The summed E-state index contributed by atoms with van der Waals surface area (Å²) in [7, 11) is 3.56. The van der Waals surface area contributed by atoms with E-state index in [9.17, 15) is 14.7 Å². The second kappa shape index (κ2) is 14.8. The summed E-state index contributed by atoms with van der Waals surface area (Å²) < 4.78 is 5.60. The summed E-state index contributed by atoms with van der Waals surface area (Å²) in [6.45, 7) is 0.176. The van der Waals surface area contributed by atoms with Crippen LogP contribution in [0, 0.1) is 0 Å². The zero-order valence-corrected chi connectivity index (χ0v) is 26.4. The fourth-order valence-electron chi connectivity index (χ4n) is 3.39. The van der Waals surface area contributed by atoms with Crippen LogP contribution >= 0.6 is 7.94 Å². The molecule has 0 saturated carbocycles. The fraction of sp³-hybridized carbons (Fsp3) is 0.280. The average molecular weight is 513 g/mol. The first-order valence-electron chi connectivity index (χ1n) is 10.7. The molecule has 0 aliphatic heterocycles. The van der Waals surface area contributed by atoms with Crippen molar-refractivity contribution >= 4 is 36.4 Å². The normalized spacial score (nSPS) is 10.6. The topological polar surface area (TPSA) is 88.1 Å². The molecule has 0 aliphatic carbocycles. The Morgan fingerprint density at radius 3 is 1.29 bits per heavy atom. The van der Waals surface area contributed by atoms with Gasteiger partial charge in [0.05, 0.1) is 6.61 Å². The molecule has 0 aliphatic rings. The maximum atomic E-state index is 10.8. The molecule has 0 aromatic heterocycles. The Labute approximate surface area is 253 Å². The Hall–Kier alpha value is -0.830. The second-order valence-corrected chi connectivity index (χ2v) is 9.86. The number of hydrogen-bond acceptors (Lipinski definition) is 7. The molecule has 0 fully saturated rings. The van der Waals surface area contributed by atoms with Gasteiger partial charge < -0.3 is 34.1 Å². The summed E-state index contributed by atoms with van der Waals surface area (Å²) in [5.74, 6) is 0.622. The largest absolute Gasteiger partial charge is 1.00 e. The van der Waals surface area contributed by atoms with E-state index >= 15 is 0 Å². The van der Waals surface area contributed by atoms with Gasteiger partial charge in [0.15, 0.2) is 0 Å². The van der Waals surface area contributed by atoms with Crippen molar-refractivity contribution in [1.29, 1.82) is 0 Å². The zero-order valence-electron chi connectivity index (χ0n) is 21.5. The van der Waals surface area contributed by atoms with Crippen LogP contribution in [0.15, 0.2) is 72.8 Å². The standard InChI is InChI=1S/C25H32N3O4P.2Na/c1-26(2)20-6-10-22(11-7-20)28(23-12-8-21(9-13-23)27(3)4)24-14-16-25(17-15-24)32-18-5-19-33(29,30)31;;/h6-17H,5,18-19H2,1-4H3,(H2,29,30,31);;/q;2*+1/p-2. The van der Waals surface area contributed by atoms with Gasteiger partial charge in [0.1, 0.15) is 5.75 Å². The van der Waals surface area contributed by atoms with Crippen LogP contribution < -0.4 is 93.2 Å². The predicted octanol–water partition coefficient (Wildman–Crippen LogP) is -3.09. The SMILES string of the molecule is CN(C)c1ccc(N(c2ccc(OCCC[P+]([O-])([O-])[O-])cc2)c2ccc(N(C)C)cc2)cc1.[Na+].[Na+].